The highest BCUT2D eigenvalue weighted by Crippen LogP contribution is 2.25. The van der Waals surface area contributed by atoms with E-state index in [9.17, 15) is 13.6 Å². The number of nitrogens with one attached hydrogen (secondary N) is 1. The van der Waals surface area contributed by atoms with E-state index in [1.165, 1.54) is 0 Å². The molecule has 0 heterocycles. The van der Waals surface area contributed by atoms with Crippen LogP contribution >= 0.6 is 24.0 Å². The highest BCUT2D eigenvalue weighted by atomic mass is 35.5. The van der Waals surface area contributed by atoms with Gasteiger partial charge in [-0.2, -0.15) is 0 Å². The van der Waals surface area contributed by atoms with E-state index >= 15 is 0 Å². The van der Waals surface area contributed by atoms with Gasteiger partial charge in [0.2, 0.25) is 0 Å². The van der Waals surface area contributed by atoms with Crippen LogP contribution in [0.1, 0.15) is 36.0 Å². The van der Waals surface area contributed by atoms with E-state index in [0.29, 0.717) is 6.54 Å². The van der Waals surface area contributed by atoms with Crippen molar-refractivity contribution in [2.24, 2.45) is 11.7 Å². The maximum absolute atomic E-state index is 13.7. The van der Waals surface area contributed by atoms with Crippen LogP contribution in [-0.4, -0.2) is 18.5 Å². The van der Waals surface area contributed by atoms with Crippen LogP contribution in [0.2, 0.25) is 5.02 Å². The van der Waals surface area contributed by atoms with Crippen molar-refractivity contribution >= 4 is 29.9 Å². The lowest BCUT2D eigenvalue weighted by molar-refractivity contribution is 0.0903. The Hall–Kier alpha value is -0.910. The first-order chi connectivity index (χ1) is 9.52. The van der Waals surface area contributed by atoms with Gasteiger partial charge in [0.15, 0.2) is 0 Å². The second-order valence-corrected chi connectivity index (χ2v) is 5.51. The van der Waals surface area contributed by atoms with E-state index in [4.69, 9.17) is 17.3 Å². The Morgan fingerprint density at radius 2 is 1.95 bits per heavy atom. The SMILES string of the molecule is Cl.NCC1CCCCC1NC(=O)c1cc(F)c(Cl)cc1F. The van der Waals surface area contributed by atoms with Crippen molar-refractivity contribution in [2.75, 3.05) is 6.54 Å². The van der Waals surface area contributed by atoms with E-state index in [1.54, 1.807) is 0 Å². The van der Waals surface area contributed by atoms with Crippen LogP contribution in [0.4, 0.5) is 8.78 Å². The molecule has 1 aliphatic rings. The largest absolute Gasteiger partial charge is 0.349 e. The summed E-state index contributed by atoms with van der Waals surface area (Å²) in [5.41, 5.74) is 5.35. The number of nitrogens with two attached hydrogens (primary N) is 1. The Morgan fingerprint density at radius 1 is 1.29 bits per heavy atom. The van der Waals surface area contributed by atoms with Crippen LogP contribution in [-0.2, 0) is 0 Å². The molecule has 1 aromatic rings. The summed E-state index contributed by atoms with van der Waals surface area (Å²) in [4.78, 5) is 12.1. The van der Waals surface area contributed by atoms with E-state index < -0.39 is 17.5 Å². The van der Waals surface area contributed by atoms with E-state index in [0.717, 1.165) is 37.8 Å². The zero-order valence-corrected chi connectivity index (χ0v) is 12.9. The van der Waals surface area contributed by atoms with Crippen molar-refractivity contribution in [3.05, 3.63) is 34.4 Å². The predicted molar refractivity (Wildman–Crippen MR) is 80.9 cm³/mol. The van der Waals surface area contributed by atoms with Crippen molar-refractivity contribution in [1.82, 2.24) is 5.32 Å². The zero-order chi connectivity index (χ0) is 14.7. The van der Waals surface area contributed by atoms with E-state index in [-0.39, 0.29) is 35.0 Å². The third-order valence-corrected chi connectivity index (χ3v) is 4.07. The molecule has 2 rings (SSSR count). The number of hydrogen-bond donors (Lipinski definition) is 2. The minimum absolute atomic E-state index is 0. The molecule has 0 spiro atoms. The Kier molecular flexibility index (Phi) is 6.84. The van der Waals surface area contributed by atoms with Crippen molar-refractivity contribution in [3.63, 3.8) is 0 Å². The molecule has 118 valence electrons. The lowest BCUT2D eigenvalue weighted by atomic mass is 9.84. The lowest BCUT2D eigenvalue weighted by Gasteiger charge is -2.31. The summed E-state index contributed by atoms with van der Waals surface area (Å²) in [6, 6.07) is 1.56. The van der Waals surface area contributed by atoms with Crippen LogP contribution in [0.5, 0.6) is 0 Å². The molecule has 0 radical (unpaired) electrons. The second kappa shape index (κ2) is 7.92. The Balaban J connectivity index is 0.00000220. The Morgan fingerprint density at radius 3 is 2.62 bits per heavy atom. The number of carbonyl (C=O) groups is 1. The number of carbonyl (C=O) groups excluding carboxylic acids is 1. The summed E-state index contributed by atoms with van der Waals surface area (Å²) in [6.45, 7) is 0.475. The molecule has 0 aliphatic heterocycles. The molecular weight excluding hydrogens is 321 g/mol. The average molecular weight is 339 g/mol. The van der Waals surface area contributed by atoms with Crippen LogP contribution < -0.4 is 11.1 Å². The lowest BCUT2D eigenvalue weighted by Crippen LogP contribution is -2.45. The maximum atomic E-state index is 13.7. The number of benzene rings is 1. The first-order valence-corrected chi connectivity index (χ1v) is 7.06. The Bertz CT molecular complexity index is 514. The van der Waals surface area contributed by atoms with Crippen LogP contribution in [0.25, 0.3) is 0 Å². The molecule has 0 bridgehead atoms. The summed E-state index contributed by atoms with van der Waals surface area (Å²) in [5, 5.41) is 2.42. The normalized spacial score (nSPS) is 21.5. The van der Waals surface area contributed by atoms with E-state index in [2.05, 4.69) is 5.32 Å². The molecule has 7 heteroatoms. The smallest absolute Gasteiger partial charge is 0.254 e. The molecule has 1 fully saturated rings. The summed E-state index contributed by atoms with van der Waals surface area (Å²) in [5.74, 6) is -2.07. The molecule has 1 saturated carbocycles. The monoisotopic (exact) mass is 338 g/mol. The summed E-state index contributed by atoms with van der Waals surface area (Å²) in [7, 11) is 0. The van der Waals surface area contributed by atoms with Crippen molar-refractivity contribution in [1.29, 1.82) is 0 Å². The molecule has 3 N–H and O–H groups in total. The molecule has 2 atom stereocenters. The molecule has 3 nitrogen and oxygen atoms in total. The van der Waals surface area contributed by atoms with Gasteiger partial charge in [-0.25, -0.2) is 8.78 Å². The fourth-order valence-corrected chi connectivity index (χ4v) is 2.77. The topological polar surface area (TPSA) is 55.1 Å². The van der Waals surface area contributed by atoms with Crippen LogP contribution in [0, 0.1) is 17.6 Å². The molecular formula is C14H18Cl2F2N2O. The fourth-order valence-electron chi connectivity index (χ4n) is 2.62. The molecule has 0 aromatic heterocycles. The quantitative estimate of drug-likeness (QED) is 0.831. The van der Waals surface area contributed by atoms with Gasteiger partial charge in [0.1, 0.15) is 11.6 Å². The van der Waals surface area contributed by atoms with Gasteiger partial charge in [0.25, 0.3) is 5.91 Å². The van der Waals surface area contributed by atoms with Gasteiger partial charge in [0, 0.05) is 6.04 Å². The molecule has 2 unspecified atom stereocenters. The fraction of sp³-hybridized carbons (Fsp3) is 0.500. The van der Waals surface area contributed by atoms with Gasteiger partial charge in [-0.15, -0.1) is 12.4 Å². The zero-order valence-electron chi connectivity index (χ0n) is 11.4. The van der Waals surface area contributed by atoms with Gasteiger partial charge >= 0.3 is 0 Å². The van der Waals surface area contributed by atoms with Crippen LogP contribution in [0.15, 0.2) is 12.1 Å². The minimum Gasteiger partial charge on any atom is -0.349 e. The highest BCUT2D eigenvalue weighted by Gasteiger charge is 2.26. The van der Waals surface area contributed by atoms with Gasteiger partial charge in [0.05, 0.1) is 10.6 Å². The molecule has 1 amide bonds. The third-order valence-electron chi connectivity index (χ3n) is 3.78. The molecule has 0 saturated heterocycles. The minimum atomic E-state index is -0.825. The number of amides is 1. The summed E-state index contributed by atoms with van der Waals surface area (Å²) in [6.07, 6.45) is 3.83. The van der Waals surface area contributed by atoms with Crippen molar-refractivity contribution in [3.8, 4) is 0 Å². The van der Waals surface area contributed by atoms with Gasteiger partial charge in [-0.1, -0.05) is 24.4 Å². The van der Waals surface area contributed by atoms with E-state index in [1.807, 2.05) is 0 Å². The number of hydrogen-bond acceptors (Lipinski definition) is 2. The number of rotatable bonds is 3. The summed E-state index contributed by atoms with van der Waals surface area (Å²) < 4.78 is 27.0. The first kappa shape index (κ1) is 18.1. The molecule has 1 aliphatic carbocycles. The van der Waals surface area contributed by atoms with Crippen molar-refractivity contribution in [2.45, 2.75) is 31.7 Å². The van der Waals surface area contributed by atoms with Crippen LogP contribution in [0.3, 0.4) is 0 Å². The van der Waals surface area contributed by atoms with Gasteiger partial charge < -0.3 is 11.1 Å². The predicted octanol–water partition coefficient (Wildman–Crippen LogP) is 3.29. The number of halogens is 4. The highest BCUT2D eigenvalue weighted by molar-refractivity contribution is 6.30. The molecule has 21 heavy (non-hydrogen) atoms. The van der Waals surface area contributed by atoms with Gasteiger partial charge in [-0.05, 0) is 37.4 Å². The first-order valence-electron chi connectivity index (χ1n) is 6.68. The van der Waals surface area contributed by atoms with Gasteiger partial charge in [-0.3, -0.25) is 4.79 Å². The standard InChI is InChI=1S/C14H17ClF2N2O.ClH/c15-10-6-11(16)9(5-12(10)17)14(20)19-13-4-2-1-3-8(13)7-18;/h5-6,8,13H,1-4,7,18H2,(H,19,20);1H. The summed E-state index contributed by atoms with van der Waals surface area (Å²) >= 11 is 5.46. The maximum Gasteiger partial charge on any atom is 0.254 e. The third kappa shape index (κ3) is 4.28. The Labute approximate surface area is 133 Å². The van der Waals surface area contributed by atoms with Crippen molar-refractivity contribution < 1.29 is 13.6 Å². The molecule has 1 aromatic carbocycles. The average Bonchev–Trinajstić information content (AvgIpc) is 2.43. The second-order valence-electron chi connectivity index (χ2n) is 5.11.